The summed E-state index contributed by atoms with van der Waals surface area (Å²) in [6.07, 6.45) is 1.61. The molecule has 0 spiro atoms. The van der Waals surface area contributed by atoms with Gasteiger partial charge in [-0.3, -0.25) is 4.98 Å². The van der Waals surface area contributed by atoms with E-state index in [1.54, 1.807) is 12.3 Å². The molecule has 0 bridgehead atoms. The number of alkyl halides is 3. The Labute approximate surface area is 155 Å². The third kappa shape index (κ3) is 4.51. The predicted molar refractivity (Wildman–Crippen MR) is 95.0 cm³/mol. The quantitative estimate of drug-likeness (QED) is 0.580. The van der Waals surface area contributed by atoms with Crippen molar-refractivity contribution in [2.45, 2.75) is 5.51 Å². The van der Waals surface area contributed by atoms with E-state index < -0.39 is 21.4 Å². The summed E-state index contributed by atoms with van der Waals surface area (Å²) >= 11 is 0. The Kier molecular flexibility index (Phi) is 5.29. The van der Waals surface area contributed by atoms with Crippen molar-refractivity contribution in [3.8, 4) is 17.0 Å². The van der Waals surface area contributed by atoms with Crippen LogP contribution in [0.25, 0.3) is 11.3 Å². The fourth-order valence-corrected chi connectivity index (χ4v) is 3.17. The molecule has 146 valence electrons. The second-order valence-corrected chi connectivity index (χ2v) is 7.74. The number of rotatable bonds is 4. The van der Waals surface area contributed by atoms with Crippen LogP contribution in [0.15, 0.2) is 42.6 Å². The van der Waals surface area contributed by atoms with Crippen LogP contribution in [0.3, 0.4) is 0 Å². The number of nitrogens with zero attached hydrogens (tertiary/aromatic N) is 3. The van der Waals surface area contributed by atoms with Crippen molar-refractivity contribution < 1.29 is 25.8 Å². The van der Waals surface area contributed by atoms with Gasteiger partial charge in [0.1, 0.15) is 5.75 Å². The van der Waals surface area contributed by atoms with Crippen LogP contribution in [0.2, 0.25) is 0 Å². The van der Waals surface area contributed by atoms with E-state index in [4.69, 9.17) is 0 Å². The standard InChI is InChI=1S/C17H18F3N3O3S/c1-22-7-9-23(10-8-22)14-5-6-21-16(12-14)13-3-2-4-15(11-13)26-27(24,25)17(18,19)20/h2-6,11-12H,7-10H2,1H3. The lowest BCUT2D eigenvalue weighted by molar-refractivity contribution is -0.0500. The molecule has 0 amide bonds. The molecular weight excluding hydrogens is 383 g/mol. The molecule has 0 N–H and O–H groups in total. The van der Waals surface area contributed by atoms with E-state index in [2.05, 4.69) is 26.0 Å². The van der Waals surface area contributed by atoms with Gasteiger partial charge in [0.25, 0.3) is 0 Å². The van der Waals surface area contributed by atoms with Gasteiger partial charge in [-0.1, -0.05) is 12.1 Å². The highest BCUT2D eigenvalue weighted by molar-refractivity contribution is 7.88. The molecule has 27 heavy (non-hydrogen) atoms. The summed E-state index contributed by atoms with van der Waals surface area (Å²) in [7, 11) is -3.66. The number of hydrogen-bond acceptors (Lipinski definition) is 6. The Morgan fingerprint density at radius 1 is 1.07 bits per heavy atom. The zero-order chi connectivity index (χ0) is 19.7. The van der Waals surface area contributed by atoms with Crippen LogP contribution in [0, 0.1) is 0 Å². The maximum Gasteiger partial charge on any atom is 0.534 e. The monoisotopic (exact) mass is 401 g/mol. The highest BCUT2D eigenvalue weighted by Gasteiger charge is 2.48. The maximum absolute atomic E-state index is 12.5. The Bertz CT molecular complexity index is 911. The lowest BCUT2D eigenvalue weighted by atomic mass is 10.1. The van der Waals surface area contributed by atoms with Crippen LogP contribution in [0.4, 0.5) is 18.9 Å². The van der Waals surface area contributed by atoms with Gasteiger partial charge in [-0.15, -0.1) is 0 Å². The van der Waals surface area contributed by atoms with E-state index in [0.717, 1.165) is 37.9 Å². The molecule has 6 nitrogen and oxygen atoms in total. The SMILES string of the molecule is CN1CCN(c2ccnc(-c3cccc(OS(=O)(=O)C(F)(F)F)c3)c2)CC1. The number of aromatic nitrogens is 1. The Morgan fingerprint density at radius 2 is 1.78 bits per heavy atom. The van der Waals surface area contributed by atoms with E-state index in [0.29, 0.717) is 11.3 Å². The van der Waals surface area contributed by atoms with Gasteiger partial charge in [-0.25, -0.2) is 0 Å². The van der Waals surface area contributed by atoms with Crippen LogP contribution in [0.1, 0.15) is 0 Å². The van der Waals surface area contributed by atoms with Gasteiger partial charge in [0.2, 0.25) is 0 Å². The van der Waals surface area contributed by atoms with E-state index in [1.165, 1.54) is 12.1 Å². The van der Waals surface area contributed by atoms with Gasteiger partial charge < -0.3 is 14.0 Å². The Balaban J connectivity index is 1.84. The molecule has 1 aliphatic heterocycles. The summed E-state index contributed by atoms with van der Waals surface area (Å²) < 4.78 is 64.0. The summed E-state index contributed by atoms with van der Waals surface area (Å²) in [6, 6.07) is 9.10. The van der Waals surface area contributed by atoms with Crippen molar-refractivity contribution in [3.63, 3.8) is 0 Å². The maximum atomic E-state index is 12.5. The van der Waals surface area contributed by atoms with Crippen molar-refractivity contribution in [3.05, 3.63) is 42.6 Å². The number of anilines is 1. The minimum Gasteiger partial charge on any atom is -0.376 e. The van der Waals surface area contributed by atoms with Crippen LogP contribution in [0.5, 0.6) is 5.75 Å². The highest BCUT2D eigenvalue weighted by Crippen LogP contribution is 2.30. The van der Waals surface area contributed by atoms with Crippen LogP contribution >= 0.6 is 0 Å². The van der Waals surface area contributed by atoms with Crippen LogP contribution in [-0.2, 0) is 10.1 Å². The van der Waals surface area contributed by atoms with E-state index in [1.807, 2.05) is 12.1 Å². The molecule has 3 rings (SSSR count). The molecule has 0 radical (unpaired) electrons. The van der Waals surface area contributed by atoms with Crippen LogP contribution < -0.4 is 9.08 Å². The van der Waals surface area contributed by atoms with Gasteiger partial charge in [0, 0.05) is 43.6 Å². The Morgan fingerprint density at radius 3 is 2.44 bits per heavy atom. The second kappa shape index (κ2) is 7.35. The van der Waals surface area contributed by atoms with Gasteiger partial charge in [-0.2, -0.15) is 21.6 Å². The molecule has 1 aliphatic rings. The number of benzene rings is 1. The number of pyridine rings is 1. The summed E-state index contributed by atoms with van der Waals surface area (Å²) in [4.78, 5) is 8.66. The van der Waals surface area contributed by atoms with Crippen molar-refractivity contribution in [1.82, 2.24) is 9.88 Å². The molecule has 1 aromatic heterocycles. The Hall–Kier alpha value is -2.33. The molecule has 1 fully saturated rings. The highest BCUT2D eigenvalue weighted by atomic mass is 32.2. The summed E-state index contributed by atoms with van der Waals surface area (Å²) in [5.41, 5.74) is -3.56. The minimum absolute atomic E-state index is 0.420. The lowest BCUT2D eigenvalue weighted by Crippen LogP contribution is -2.44. The average Bonchev–Trinajstić information content (AvgIpc) is 2.61. The van der Waals surface area contributed by atoms with E-state index in [-0.39, 0.29) is 0 Å². The zero-order valence-corrected chi connectivity index (χ0v) is 15.3. The molecular formula is C17H18F3N3O3S. The number of halogens is 3. The van der Waals surface area contributed by atoms with E-state index >= 15 is 0 Å². The smallest absolute Gasteiger partial charge is 0.376 e. The molecule has 0 atom stereocenters. The number of hydrogen-bond donors (Lipinski definition) is 0. The first-order chi connectivity index (χ1) is 12.7. The number of piperazine rings is 1. The first kappa shape index (κ1) is 19.4. The largest absolute Gasteiger partial charge is 0.534 e. The molecule has 0 unspecified atom stereocenters. The van der Waals surface area contributed by atoms with Crippen molar-refractivity contribution >= 4 is 15.8 Å². The zero-order valence-electron chi connectivity index (χ0n) is 14.5. The molecule has 10 heteroatoms. The normalized spacial score (nSPS) is 16.4. The van der Waals surface area contributed by atoms with Crippen molar-refractivity contribution in [2.24, 2.45) is 0 Å². The number of likely N-dealkylation sites (N-methyl/N-ethyl adjacent to an activating group) is 1. The topological polar surface area (TPSA) is 62.7 Å². The molecule has 1 aromatic carbocycles. The molecule has 1 saturated heterocycles. The molecule has 2 heterocycles. The summed E-state index contributed by atoms with van der Waals surface area (Å²) in [5, 5.41) is 0. The van der Waals surface area contributed by atoms with Crippen LogP contribution in [-0.4, -0.2) is 57.0 Å². The first-order valence-electron chi connectivity index (χ1n) is 8.16. The third-order valence-electron chi connectivity index (χ3n) is 4.23. The fraction of sp³-hybridized carbons (Fsp3) is 0.353. The molecule has 2 aromatic rings. The minimum atomic E-state index is -5.71. The third-order valence-corrected chi connectivity index (χ3v) is 5.21. The predicted octanol–water partition coefficient (Wildman–Crippen LogP) is 2.73. The van der Waals surface area contributed by atoms with Gasteiger partial charge in [-0.05, 0) is 31.3 Å². The molecule has 0 saturated carbocycles. The van der Waals surface area contributed by atoms with Gasteiger partial charge in [0.15, 0.2) is 0 Å². The second-order valence-electron chi connectivity index (χ2n) is 6.20. The lowest BCUT2D eigenvalue weighted by Gasteiger charge is -2.34. The van der Waals surface area contributed by atoms with Crippen molar-refractivity contribution in [2.75, 3.05) is 38.1 Å². The summed E-state index contributed by atoms with van der Waals surface area (Å²) in [6.45, 7) is 3.56. The average molecular weight is 401 g/mol. The fourth-order valence-electron chi connectivity index (χ4n) is 2.72. The van der Waals surface area contributed by atoms with Crippen molar-refractivity contribution in [1.29, 1.82) is 0 Å². The van der Waals surface area contributed by atoms with Gasteiger partial charge >= 0.3 is 15.6 Å². The van der Waals surface area contributed by atoms with E-state index in [9.17, 15) is 21.6 Å². The first-order valence-corrected chi connectivity index (χ1v) is 9.57. The molecule has 0 aliphatic carbocycles. The summed E-state index contributed by atoms with van der Waals surface area (Å²) in [5.74, 6) is -0.420. The van der Waals surface area contributed by atoms with Gasteiger partial charge in [0.05, 0.1) is 5.69 Å².